The average Bonchev–Trinajstić information content (AvgIpc) is 2.88. The largest absolute Gasteiger partial charge is 0.454 e. The maximum Gasteiger partial charge on any atom is 0.326 e. The fourth-order valence-corrected chi connectivity index (χ4v) is 2.81. The van der Waals surface area contributed by atoms with Gasteiger partial charge in [-0.25, -0.2) is 9.18 Å². The SMILES string of the molecule is CC(C)CC[C@@]1(C)NC(=O)N(CC(=O)OCC(=O)NCc2ccc(F)cc2)C1=O. The lowest BCUT2D eigenvalue weighted by Gasteiger charge is -2.22. The molecule has 1 aliphatic heterocycles. The first-order valence-corrected chi connectivity index (χ1v) is 9.41. The van der Waals surface area contributed by atoms with Crippen molar-refractivity contribution in [3.63, 3.8) is 0 Å². The first-order chi connectivity index (χ1) is 13.6. The summed E-state index contributed by atoms with van der Waals surface area (Å²) in [5.41, 5.74) is -0.361. The highest BCUT2D eigenvalue weighted by molar-refractivity contribution is 6.08. The summed E-state index contributed by atoms with van der Waals surface area (Å²) in [4.78, 5) is 49.2. The number of hydrogen-bond donors (Lipinski definition) is 2. The molecule has 1 heterocycles. The zero-order valence-corrected chi connectivity index (χ0v) is 16.8. The highest BCUT2D eigenvalue weighted by Gasteiger charge is 2.48. The zero-order valence-electron chi connectivity index (χ0n) is 16.8. The lowest BCUT2D eigenvalue weighted by molar-refractivity contribution is -0.151. The van der Waals surface area contributed by atoms with Gasteiger partial charge in [-0.1, -0.05) is 26.0 Å². The van der Waals surface area contributed by atoms with Crippen LogP contribution in [-0.4, -0.2) is 47.4 Å². The van der Waals surface area contributed by atoms with E-state index in [-0.39, 0.29) is 12.4 Å². The highest BCUT2D eigenvalue weighted by atomic mass is 19.1. The minimum atomic E-state index is -1.05. The molecule has 0 unspecified atom stereocenters. The van der Waals surface area contributed by atoms with Crippen LogP contribution in [0.15, 0.2) is 24.3 Å². The molecule has 1 atom stereocenters. The van der Waals surface area contributed by atoms with Crippen molar-refractivity contribution in [3.05, 3.63) is 35.6 Å². The van der Waals surface area contributed by atoms with Crippen LogP contribution in [0.2, 0.25) is 0 Å². The van der Waals surface area contributed by atoms with Gasteiger partial charge in [0.15, 0.2) is 6.61 Å². The number of carbonyl (C=O) groups excluding carboxylic acids is 4. The maximum absolute atomic E-state index is 12.8. The molecule has 0 bridgehead atoms. The molecule has 4 amide bonds. The molecule has 9 heteroatoms. The van der Waals surface area contributed by atoms with Crippen LogP contribution in [0.1, 0.15) is 39.2 Å². The molecule has 8 nitrogen and oxygen atoms in total. The third kappa shape index (κ3) is 6.27. The van der Waals surface area contributed by atoms with Crippen LogP contribution in [-0.2, 0) is 25.7 Å². The number of imide groups is 1. The number of esters is 1. The fraction of sp³-hybridized carbons (Fsp3) is 0.500. The second-order valence-electron chi connectivity index (χ2n) is 7.65. The van der Waals surface area contributed by atoms with E-state index < -0.39 is 42.5 Å². The Morgan fingerprint density at radius 1 is 1.24 bits per heavy atom. The molecular formula is C20H26FN3O5. The molecule has 29 heavy (non-hydrogen) atoms. The van der Waals surface area contributed by atoms with Gasteiger partial charge < -0.3 is 15.4 Å². The number of nitrogens with one attached hydrogen (secondary N) is 2. The van der Waals surface area contributed by atoms with Crippen molar-refractivity contribution in [2.45, 2.75) is 45.7 Å². The van der Waals surface area contributed by atoms with Gasteiger partial charge in [0.2, 0.25) is 0 Å². The van der Waals surface area contributed by atoms with E-state index in [2.05, 4.69) is 10.6 Å². The summed E-state index contributed by atoms with van der Waals surface area (Å²) in [5, 5.41) is 5.15. The van der Waals surface area contributed by atoms with Gasteiger partial charge in [-0.2, -0.15) is 0 Å². The number of nitrogens with zero attached hydrogens (tertiary/aromatic N) is 1. The molecule has 158 valence electrons. The number of benzene rings is 1. The normalized spacial score (nSPS) is 18.7. The van der Waals surface area contributed by atoms with Crippen molar-refractivity contribution in [2.75, 3.05) is 13.2 Å². The Morgan fingerprint density at radius 3 is 2.52 bits per heavy atom. The summed E-state index contributed by atoms with van der Waals surface area (Å²) in [5.74, 6) is -1.92. The number of rotatable bonds is 9. The lowest BCUT2D eigenvalue weighted by Crippen LogP contribution is -2.44. The first kappa shape index (κ1) is 22.3. The van der Waals surface area contributed by atoms with E-state index in [1.165, 1.54) is 24.3 Å². The molecule has 0 aliphatic carbocycles. The molecule has 1 fully saturated rings. The Kier molecular flexibility index (Phi) is 7.30. The molecule has 2 N–H and O–H groups in total. The Labute approximate surface area is 168 Å². The van der Waals surface area contributed by atoms with E-state index in [9.17, 15) is 23.6 Å². The van der Waals surface area contributed by atoms with Crippen LogP contribution >= 0.6 is 0 Å². The third-order valence-electron chi connectivity index (χ3n) is 4.62. The number of ether oxygens (including phenoxy) is 1. The molecule has 0 aromatic heterocycles. The highest BCUT2D eigenvalue weighted by Crippen LogP contribution is 2.24. The van der Waals surface area contributed by atoms with Crippen LogP contribution in [0.4, 0.5) is 9.18 Å². The van der Waals surface area contributed by atoms with Gasteiger partial charge in [0.1, 0.15) is 17.9 Å². The standard InChI is InChI=1S/C20H26FN3O5/c1-13(2)8-9-20(3)18(27)24(19(28)23-20)11-17(26)29-12-16(25)22-10-14-4-6-15(21)7-5-14/h4-7,13H,8-12H2,1-3H3,(H,22,25)(H,23,28)/t20-/m1/s1. The van der Waals surface area contributed by atoms with Gasteiger partial charge >= 0.3 is 12.0 Å². The minimum absolute atomic E-state index is 0.151. The summed E-state index contributed by atoms with van der Waals surface area (Å²) < 4.78 is 17.7. The summed E-state index contributed by atoms with van der Waals surface area (Å²) in [6.45, 7) is 4.70. The zero-order chi connectivity index (χ0) is 21.6. The van der Waals surface area contributed by atoms with E-state index >= 15 is 0 Å². The van der Waals surface area contributed by atoms with Gasteiger partial charge in [-0.15, -0.1) is 0 Å². The van der Waals surface area contributed by atoms with Crippen LogP contribution < -0.4 is 10.6 Å². The van der Waals surface area contributed by atoms with Gasteiger partial charge in [-0.3, -0.25) is 19.3 Å². The number of carbonyl (C=O) groups is 4. The Hall–Kier alpha value is -2.97. The number of halogens is 1. The fourth-order valence-electron chi connectivity index (χ4n) is 2.81. The predicted molar refractivity (Wildman–Crippen MR) is 102 cm³/mol. The average molecular weight is 407 g/mol. The van der Waals surface area contributed by atoms with E-state index in [4.69, 9.17) is 4.74 Å². The van der Waals surface area contributed by atoms with E-state index in [0.29, 0.717) is 17.9 Å². The summed E-state index contributed by atoms with van der Waals surface area (Å²) in [7, 11) is 0. The second kappa shape index (κ2) is 9.49. The molecule has 1 aliphatic rings. The van der Waals surface area contributed by atoms with Gasteiger partial charge in [0, 0.05) is 6.54 Å². The minimum Gasteiger partial charge on any atom is -0.454 e. The van der Waals surface area contributed by atoms with E-state index in [0.717, 1.165) is 11.3 Å². The first-order valence-electron chi connectivity index (χ1n) is 9.41. The van der Waals surface area contributed by atoms with Crippen LogP contribution in [0, 0.1) is 11.7 Å². The summed E-state index contributed by atoms with van der Waals surface area (Å²) >= 11 is 0. The molecule has 1 aromatic carbocycles. The van der Waals surface area contributed by atoms with Crippen molar-refractivity contribution in [1.82, 2.24) is 15.5 Å². The third-order valence-corrected chi connectivity index (χ3v) is 4.62. The maximum atomic E-state index is 12.8. The molecule has 1 aromatic rings. The number of amides is 4. The van der Waals surface area contributed by atoms with Crippen LogP contribution in [0.5, 0.6) is 0 Å². The Morgan fingerprint density at radius 2 is 1.90 bits per heavy atom. The predicted octanol–water partition coefficient (Wildman–Crippen LogP) is 1.73. The number of hydrogen-bond acceptors (Lipinski definition) is 5. The van der Waals surface area contributed by atoms with Gasteiger partial charge in [-0.05, 0) is 43.4 Å². The van der Waals surface area contributed by atoms with Crippen LogP contribution in [0.25, 0.3) is 0 Å². The van der Waals surface area contributed by atoms with Crippen molar-refractivity contribution < 1.29 is 28.3 Å². The topological polar surface area (TPSA) is 105 Å². The molecule has 2 rings (SSSR count). The molecule has 0 saturated carbocycles. The van der Waals surface area contributed by atoms with E-state index in [1.54, 1.807) is 6.92 Å². The van der Waals surface area contributed by atoms with E-state index in [1.807, 2.05) is 13.8 Å². The van der Waals surface area contributed by atoms with Crippen molar-refractivity contribution in [2.24, 2.45) is 5.92 Å². The second-order valence-corrected chi connectivity index (χ2v) is 7.65. The van der Waals surface area contributed by atoms with Crippen molar-refractivity contribution >= 4 is 23.8 Å². The Balaban J connectivity index is 1.78. The Bertz CT molecular complexity index is 781. The van der Waals surface area contributed by atoms with Gasteiger partial charge in [0.05, 0.1) is 0 Å². The summed E-state index contributed by atoms with van der Waals surface area (Å²) in [6.07, 6.45) is 1.21. The summed E-state index contributed by atoms with van der Waals surface area (Å²) in [6, 6.07) is 4.94. The molecular weight excluding hydrogens is 381 g/mol. The lowest BCUT2D eigenvalue weighted by atomic mass is 9.92. The van der Waals surface area contributed by atoms with Crippen molar-refractivity contribution in [1.29, 1.82) is 0 Å². The quantitative estimate of drug-likeness (QED) is 0.479. The number of urea groups is 1. The molecule has 0 radical (unpaired) electrons. The smallest absolute Gasteiger partial charge is 0.326 e. The van der Waals surface area contributed by atoms with Gasteiger partial charge in [0.25, 0.3) is 11.8 Å². The monoisotopic (exact) mass is 407 g/mol. The van der Waals surface area contributed by atoms with Crippen molar-refractivity contribution in [3.8, 4) is 0 Å². The molecule has 1 saturated heterocycles. The van der Waals surface area contributed by atoms with Crippen LogP contribution in [0.3, 0.4) is 0 Å². The molecule has 0 spiro atoms.